The van der Waals surface area contributed by atoms with Crippen LogP contribution < -0.4 is 0 Å². The van der Waals surface area contributed by atoms with Gasteiger partial charge < -0.3 is 18.9 Å². The SMILES string of the molecule is CC(=O)OC(/C=C(\C)C(OC(C)=O)OC(C)=O)OC(C)=O. The molecule has 0 saturated carbocycles. The number of ether oxygens (including phenoxy) is 4. The van der Waals surface area contributed by atoms with Crippen LogP contribution in [0.4, 0.5) is 0 Å². The Balaban J connectivity index is 5.15. The van der Waals surface area contributed by atoms with E-state index in [-0.39, 0.29) is 5.57 Å². The molecule has 0 fully saturated rings. The Morgan fingerprint density at radius 2 is 1.00 bits per heavy atom. The van der Waals surface area contributed by atoms with Crippen molar-refractivity contribution in [2.45, 2.75) is 47.2 Å². The molecule has 8 heteroatoms. The molecule has 0 atom stereocenters. The van der Waals surface area contributed by atoms with Gasteiger partial charge in [0.25, 0.3) is 12.6 Å². The normalized spacial score (nSPS) is 11.1. The third-order valence-electron chi connectivity index (χ3n) is 1.88. The van der Waals surface area contributed by atoms with Crippen molar-refractivity contribution in [3.63, 3.8) is 0 Å². The summed E-state index contributed by atoms with van der Waals surface area (Å²) in [6.07, 6.45) is -1.42. The molecule has 0 spiro atoms. The zero-order chi connectivity index (χ0) is 16.6. The highest BCUT2D eigenvalue weighted by Crippen LogP contribution is 2.12. The van der Waals surface area contributed by atoms with E-state index >= 15 is 0 Å². The molecule has 0 aliphatic rings. The van der Waals surface area contributed by atoms with E-state index in [1.165, 1.54) is 13.0 Å². The summed E-state index contributed by atoms with van der Waals surface area (Å²) in [5.41, 5.74) is 0.216. The second-order valence-corrected chi connectivity index (χ2v) is 4.05. The molecular formula is C13H18O8. The first-order chi connectivity index (χ1) is 9.61. The number of carbonyl (C=O) groups excluding carboxylic acids is 4. The summed E-state index contributed by atoms with van der Waals surface area (Å²) in [5, 5.41) is 0. The lowest BCUT2D eigenvalue weighted by Gasteiger charge is -2.19. The van der Waals surface area contributed by atoms with Crippen molar-refractivity contribution in [1.29, 1.82) is 0 Å². The van der Waals surface area contributed by atoms with Crippen molar-refractivity contribution in [3.05, 3.63) is 11.6 Å². The highest BCUT2D eigenvalue weighted by Gasteiger charge is 2.21. The predicted molar refractivity (Wildman–Crippen MR) is 68.4 cm³/mol. The molecule has 0 aromatic carbocycles. The zero-order valence-electron chi connectivity index (χ0n) is 12.5. The van der Waals surface area contributed by atoms with Gasteiger partial charge in [0.1, 0.15) is 0 Å². The Hall–Kier alpha value is -2.38. The fraction of sp³-hybridized carbons (Fsp3) is 0.538. The molecule has 0 aliphatic heterocycles. The predicted octanol–water partition coefficient (Wildman–Crippen LogP) is 0.837. The minimum absolute atomic E-state index is 0.216. The standard InChI is InChI=1S/C13H18O8/c1-7(13(20-10(4)16)21-11(5)17)6-12(18-8(2)14)19-9(3)15/h6,12-13H,1-5H3/b7-6+. The average Bonchev–Trinajstić information content (AvgIpc) is 2.24. The van der Waals surface area contributed by atoms with Crippen LogP contribution in [0.2, 0.25) is 0 Å². The van der Waals surface area contributed by atoms with Crippen LogP contribution in [0.3, 0.4) is 0 Å². The molecular weight excluding hydrogens is 284 g/mol. The summed E-state index contributed by atoms with van der Waals surface area (Å²) in [4.78, 5) is 43.8. The molecule has 0 aromatic heterocycles. The van der Waals surface area contributed by atoms with Gasteiger partial charge in [-0.3, -0.25) is 19.2 Å². The molecule has 0 radical (unpaired) electrons. The van der Waals surface area contributed by atoms with E-state index < -0.39 is 36.5 Å². The summed E-state index contributed by atoms with van der Waals surface area (Å²) in [6, 6.07) is 0. The molecule has 0 aromatic rings. The summed E-state index contributed by atoms with van der Waals surface area (Å²) < 4.78 is 19.1. The van der Waals surface area contributed by atoms with Gasteiger partial charge in [0, 0.05) is 39.3 Å². The third kappa shape index (κ3) is 9.20. The van der Waals surface area contributed by atoms with Crippen LogP contribution in [0.5, 0.6) is 0 Å². The molecule has 8 nitrogen and oxygen atoms in total. The maximum Gasteiger partial charge on any atom is 0.305 e. The second-order valence-electron chi connectivity index (χ2n) is 4.05. The van der Waals surface area contributed by atoms with Crippen molar-refractivity contribution in [2.24, 2.45) is 0 Å². The summed E-state index contributed by atoms with van der Waals surface area (Å²) in [7, 11) is 0. The van der Waals surface area contributed by atoms with Gasteiger partial charge in [-0.1, -0.05) is 0 Å². The first-order valence-electron chi connectivity index (χ1n) is 5.99. The van der Waals surface area contributed by atoms with Crippen molar-refractivity contribution in [3.8, 4) is 0 Å². The van der Waals surface area contributed by atoms with E-state index in [0.717, 1.165) is 27.7 Å². The number of carbonyl (C=O) groups is 4. The molecule has 0 heterocycles. The fourth-order valence-electron chi connectivity index (χ4n) is 1.22. The van der Waals surface area contributed by atoms with Gasteiger partial charge >= 0.3 is 23.9 Å². The van der Waals surface area contributed by atoms with Gasteiger partial charge in [0.15, 0.2) is 0 Å². The van der Waals surface area contributed by atoms with Crippen LogP contribution in [-0.4, -0.2) is 36.5 Å². The average molecular weight is 302 g/mol. The lowest BCUT2D eigenvalue weighted by Crippen LogP contribution is -2.26. The quantitative estimate of drug-likeness (QED) is 0.403. The van der Waals surface area contributed by atoms with Gasteiger partial charge in [0.2, 0.25) is 0 Å². The largest absolute Gasteiger partial charge is 0.421 e. The Morgan fingerprint density at radius 1 is 0.667 bits per heavy atom. The molecule has 0 N–H and O–H groups in total. The van der Waals surface area contributed by atoms with E-state index in [2.05, 4.69) is 0 Å². The minimum atomic E-state index is -1.31. The van der Waals surface area contributed by atoms with Gasteiger partial charge in [-0.2, -0.15) is 0 Å². The molecule has 0 amide bonds. The van der Waals surface area contributed by atoms with E-state index in [4.69, 9.17) is 18.9 Å². The molecule has 0 rings (SSSR count). The van der Waals surface area contributed by atoms with E-state index in [1.807, 2.05) is 0 Å². The van der Waals surface area contributed by atoms with Crippen LogP contribution in [0.25, 0.3) is 0 Å². The van der Waals surface area contributed by atoms with Gasteiger partial charge in [-0.15, -0.1) is 0 Å². The molecule has 118 valence electrons. The monoisotopic (exact) mass is 302 g/mol. The van der Waals surface area contributed by atoms with Crippen molar-refractivity contribution < 1.29 is 38.1 Å². The Bertz CT molecular complexity index is 419. The fourth-order valence-corrected chi connectivity index (χ4v) is 1.22. The van der Waals surface area contributed by atoms with Crippen molar-refractivity contribution in [1.82, 2.24) is 0 Å². The Morgan fingerprint density at radius 3 is 1.29 bits per heavy atom. The number of rotatable bonds is 6. The van der Waals surface area contributed by atoms with Gasteiger partial charge in [-0.25, -0.2) is 0 Å². The number of esters is 4. The Kier molecular flexibility index (Phi) is 7.74. The van der Waals surface area contributed by atoms with Crippen molar-refractivity contribution in [2.75, 3.05) is 0 Å². The molecule has 0 aliphatic carbocycles. The zero-order valence-corrected chi connectivity index (χ0v) is 12.5. The smallest absolute Gasteiger partial charge is 0.305 e. The van der Waals surface area contributed by atoms with E-state index in [1.54, 1.807) is 0 Å². The van der Waals surface area contributed by atoms with Crippen LogP contribution in [0.15, 0.2) is 11.6 Å². The maximum absolute atomic E-state index is 11.0. The van der Waals surface area contributed by atoms with Crippen LogP contribution in [-0.2, 0) is 38.1 Å². The number of hydrogen-bond donors (Lipinski definition) is 0. The van der Waals surface area contributed by atoms with Gasteiger partial charge in [0.05, 0.1) is 0 Å². The minimum Gasteiger partial charge on any atom is -0.421 e. The third-order valence-corrected chi connectivity index (χ3v) is 1.88. The van der Waals surface area contributed by atoms with E-state index in [9.17, 15) is 19.2 Å². The topological polar surface area (TPSA) is 105 Å². The first-order valence-corrected chi connectivity index (χ1v) is 5.99. The van der Waals surface area contributed by atoms with E-state index in [0.29, 0.717) is 0 Å². The van der Waals surface area contributed by atoms with Crippen LogP contribution in [0.1, 0.15) is 34.6 Å². The molecule has 0 saturated heterocycles. The first kappa shape index (κ1) is 18.6. The Labute approximate surface area is 122 Å². The summed E-state index contributed by atoms with van der Waals surface area (Å²) in [6.45, 7) is 6.00. The van der Waals surface area contributed by atoms with Crippen LogP contribution >= 0.6 is 0 Å². The molecule has 0 unspecified atom stereocenters. The molecule has 21 heavy (non-hydrogen) atoms. The number of hydrogen-bond acceptors (Lipinski definition) is 8. The molecule has 0 bridgehead atoms. The van der Waals surface area contributed by atoms with Gasteiger partial charge in [-0.05, 0) is 6.92 Å². The summed E-state index contributed by atoms with van der Waals surface area (Å²) in [5.74, 6) is -2.71. The summed E-state index contributed by atoms with van der Waals surface area (Å²) >= 11 is 0. The highest BCUT2D eigenvalue weighted by atomic mass is 16.7. The lowest BCUT2D eigenvalue weighted by molar-refractivity contribution is -0.182. The lowest BCUT2D eigenvalue weighted by atomic mass is 10.2. The van der Waals surface area contributed by atoms with Crippen LogP contribution in [0, 0.1) is 0 Å². The second kappa shape index (κ2) is 8.72. The maximum atomic E-state index is 11.0. The highest BCUT2D eigenvalue weighted by molar-refractivity contribution is 5.69. The van der Waals surface area contributed by atoms with Crippen molar-refractivity contribution >= 4 is 23.9 Å².